The van der Waals surface area contributed by atoms with Gasteiger partial charge in [-0.05, 0) is 37.3 Å². The molecule has 3 aromatic rings. The standard InChI is InChI=1S/C18H16Cl3N5O2S/c1-2-26-16(9-28-14-5-3-11(19)7-13(14)21)24-25-18(26)29-10-17(27)23-15-6-4-12(20)8-22-15/h3-8H,2,9-10H2,1H3,(H,22,23,27). The molecule has 0 aliphatic heterocycles. The third-order valence-electron chi connectivity index (χ3n) is 3.69. The highest BCUT2D eigenvalue weighted by molar-refractivity contribution is 7.99. The molecule has 0 aliphatic rings. The lowest BCUT2D eigenvalue weighted by Gasteiger charge is -2.10. The topological polar surface area (TPSA) is 81.9 Å². The molecule has 0 unspecified atom stereocenters. The maximum Gasteiger partial charge on any atom is 0.236 e. The number of hydrogen-bond donors (Lipinski definition) is 1. The van der Waals surface area contributed by atoms with Crippen LogP contribution in [0, 0.1) is 0 Å². The fourth-order valence-corrected chi connectivity index (χ4v) is 3.74. The van der Waals surface area contributed by atoms with Crippen LogP contribution in [-0.4, -0.2) is 31.4 Å². The van der Waals surface area contributed by atoms with Crippen molar-refractivity contribution >= 4 is 58.3 Å². The summed E-state index contributed by atoms with van der Waals surface area (Å²) in [5.41, 5.74) is 0. The molecular weight excluding hydrogens is 457 g/mol. The Bertz CT molecular complexity index is 998. The lowest BCUT2D eigenvalue weighted by atomic mass is 10.3. The van der Waals surface area contributed by atoms with Gasteiger partial charge in [-0.1, -0.05) is 46.6 Å². The quantitative estimate of drug-likeness (QED) is 0.466. The lowest BCUT2D eigenvalue weighted by Crippen LogP contribution is -2.15. The van der Waals surface area contributed by atoms with Crippen LogP contribution in [0.25, 0.3) is 0 Å². The molecule has 1 amide bonds. The van der Waals surface area contributed by atoms with Crippen LogP contribution in [0.5, 0.6) is 5.75 Å². The normalized spacial score (nSPS) is 10.8. The number of pyridine rings is 1. The van der Waals surface area contributed by atoms with E-state index in [1.54, 1.807) is 30.3 Å². The molecule has 0 bridgehead atoms. The van der Waals surface area contributed by atoms with Gasteiger partial charge in [0.05, 0.1) is 15.8 Å². The summed E-state index contributed by atoms with van der Waals surface area (Å²) in [6, 6.07) is 8.30. The maximum atomic E-state index is 12.1. The van der Waals surface area contributed by atoms with Gasteiger partial charge >= 0.3 is 0 Å². The van der Waals surface area contributed by atoms with Crippen molar-refractivity contribution in [2.45, 2.75) is 25.2 Å². The number of carbonyl (C=O) groups is 1. The number of nitrogens with zero attached hydrogens (tertiary/aromatic N) is 4. The van der Waals surface area contributed by atoms with Gasteiger partial charge < -0.3 is 14.6 Å². The van der Waals surface area contributed by atoms with Crippen LogP contribution >= 0.6 is 46.6 Å². The summed E-state index contributed by atoms with van der Waals surface area (Å²) >= 11 is 19.1. The van der Waals surface area contributed by atoms with Crippen LogP contribution in [0.15, 0.2) is 41.7 Å². The molecule has 0 saturated heterocycles. The summed E-state index contributed by atoms with van der Waals surface area (Å²) in [6.07, 6.45) is 1.47. The number of anilines is 1. The van der Waals surface area contributed by atoms with Gasteiger partial charge in [0.15, 0.2) is 11.0 Å². The molecule has 2 aromatic heterocycles. The largest absolute Gasteiger partial charge is 0.484 e. The summed E-state index contributed by atoms with van der Waals surface area (Å²) in [5.74, 6) is 1.52. The van der Waals surface area contributed by atoms with Gasteiger partial charge in [0.25, 0.3) is 0 Å². The molecule has 0 saturated carbocycles. The smallest absolute Gasteiger partial charge is 0.236 e. The predicted octanol–water partition coefficient (Wildman–Crippen LogP) is 4.96. The second kappa shape index (κ2) is 10.2. The molecule has 1 aromatic carbocycles. The molecule has 3 rings (SSSR count). The second-order valence-electron chi connectivity index (χ2n) is 5.70. The van der Waals surface area contributed by atoms with Crippen LogP contribution in [0.2, 0.25) is 15.1 Å². The van der Waals surface area contributed by atoms with Crippen molar-refractivity contribution in [1.29, 1.82) is 0 Å². The highest BCUT2D eigenvalue weighted by atomic mass is 35.5. The number of ether oxygens (including phenoxy) is 1. The molecule has 2 heterocycles. The Hall–Kier alpha value is -2.00. The zero-order chi connectivity index (χ0) is 20.8. The van der Waals surface area contributed by atoms with E-state index in [0.29, 0.717) is 44.2 Å². The number of hydrogen-bond acceptors (Lipinski definition) is 6. The molecule has 152 valence electrons. The second-order valence-corrected chi connectivity index (χ2v) is 7.93. The SMILES string of the molecule is CCn1c(COc2ccc(Cl)cc2Cl)nnc1SCC(=O)Nc1ccc(Cl)cn1. The zero-order valence-corrected chi connectivity index (χ0v) is 18.3. The highest BCUT2D eigenvalue weighted by Crippen LogP contribution is 2.28. The number of aromatic nitrogens is 4. The third kappa shape index (κ3) is 5.99. The van der Waals surface area contributed by atoms with Crippen LogP contribution in [0.1, 0.15) is 12.7 Å². The number of halogens is 3. The highest BCUT2D eigenvalue weighted by Gasteiger charge is 2.14. The molecule has 11 heteroatoms. The van der Waals surface area contributed by atoms with Crippen molar-refractivity contribution in [2.75, 3.05) is 11.1 Å². The van der Waals surface area contributed by atoms with Crippen molar-refractivity contribution in [3.8, 4) is 5.75 Å². The van der Waals surface area contributed by atoms with Gasteiger partial charge in [0, 0.05) is 17.8 Å². The first-order valence-corrected chi connectivity index (χ1v) is 10.6. The Labute approximate surface area is 186 Å². The Kier molecular flexibility index (Phi) is 7.60. The van der Waals surface area contributed by atoms with Gasteiger partial charge in [-0.25, -0.2) is 4.98 Å². The molecule has 0 atom stereocenters. The van der Waals surface area contributed by atoms with Gasteiger partial charge in [0.2, 0.25) is 5.91 Å². The minimum atomic E-state index is -0.207. The monoisotopic (exact) mass is 471 g/mol. The van der Waals surface area contributed by atoms with E-state index in [9.17, 15) is 4.79 Å². The summed E-state index contributed by atoms with van der Waals surface area (Å²) < 4.78 is 7.60. The number of thioether (sulfide) groups is 1. The van der Waals surface area contributed by atoms with Crippen molar-refractivity contribution in [3.05, 3.63) is 57.4 Å². The minimum Gasteiger partial charge on any atom is -0.484 e. The van der Waals surface area contributed by atoms with Gasteiger partial charge in [-0.15, -0.1) is 10.2 Å². The van der Waals surface area contributed by atoms with Crippen LogP contribution in [-0.2, 0) is 17.9 Å². The molecule has 0 radical (unpaired) electrons. The van der Waals surface area contributed by atoms with E-state index < -0.39 is 0 Å². The lowest BCUT2D eigenvalue weighted by molar-refractivity contribution is -0.113. The molecule has 1 N–H and O–H groups in total. The number of benzene rings is 1. The van der Waals surface area contributed by atoms with Gasteiger partial charge in [-0.3, -0.25) is 4.79 Å². The zero-order valence-electron chi connectivity index (χ0n) is 15.2. The first kappa shape index (κ1) is 21.7. The van der Waals surface area contributed by atoms with E-state index in [-0.39, 0.29) is 18.3 Å². The van der Waals surface area contributed by atoms with E-state index in [4.69, 9.17) is 39.5 Å². The number of nitrogens with one attached hydrogen (secondary N) is 1. The number of amides is 1. The molecule has 29 heavy (non-hydrogen) atoms. The van der Waals surface area contributed by atoms with E-state index >= 15 is 0 Å². The summed E-state index contributed by atoms with van der Waals surface area (Å²) in [4.78, 5) is 16.2. The molecule has 0 aliphatic carbocycles. The Balaban J connectivity index is 1.58. The van der Waals surface area contributed by atoms with Crippen molar-refractivity contribution in [2.24, 2.45) is 0 Å². The van der Waals surface area contributed by atoms with Gasteiger partial charge in [0.1, 0.15) is 18.2 Å². The molecular formula is C18H16Cl3N5O2S. The first-order valence-electron chi connectivity index (χ1n) is 8.50. The van der Waals surface area contributed by atoms with E-state index in [2.05, 4.69) is 20.5 Å². The van der Waals surface area contributed by atoms with Crippen molar-refractivity contribution < 1.29 is 9.53 Å². The molecule has 0 spiro atoms. The summed E-state index contributed by atoms with van der Waals surface area (Å²) in [6.45, 7) is 2.77. The van der Waals surface area contributed by atoms with Crippen LogP contribution in [0.4, 0.5) is 5.82 Å². The first-order chi connectivity index (χ1) is 14.0. The third-order valence-corrected chi connectivity index (χ3v) is 5.41. The van der Waals surface area contributed by atoms with Crippen molar-refractivity contribution in [1.82, 2.24) is 19.7 Å². The summed E-state index contributed by atoms with van der Waals surface area (Å²) in [7, 11) is 0. The van der Waals surface area contributed by atoms with Gasteiger partial charge in [-0.2, -0.15) is 0 Å². The van der Waals surface area contributed by atoms with Crippen LogP contribution < -0.4 is 10.1 Å². The average molecular weight is 473 g/mol. The Morgan fingerprint density at radius 1 is 1.17 bits per heavy atom. The average Bonchev–Trinajstić information content (AvgIpc) is 3.09. The predicted molar refractivity (Wildman–Crippen MR) is 115 cm³/mol. The molecule has 7 nitrogen and oxygen atoms in total. The summed E-state index contributed by atoms with van der Waals surface area (Å²) in [5, 5.41) is 13.1. The number of rotatable bonds is 8. The fourth-order valence-electron chi connectivity index (χ4n) is 2.34. The Morgan fingerprint density at radius 3 is 2.66 bits per heavy atom. The maximum absolute atomic E-state index is 12.1. The number of carbonyl (C=O) groups excluding carboxylic acids is 1. The minimum absolute atomic E-state index is 0.159. The van der Waals surface area contributed by atoms with E-state index in [0.717, 1.165) is 0 Å². The van der Waals surface area contributed by atoms with E-state index in [1.807, 2.05) is 11.5 Å². The van der Waals surface area contributed by atoms with E-state index in [1.165, 1.54) is 18.0 Å². The fraction of sp³-hybridized carbons (Fsp3) is 0.222. The van der Waals surface area contributed by atoms with Crippen molar-refractivity contribution in [3.63, 3.8) is 0 Å². The molecule has 0 fully saturated rings. The van der Waals surface area contributed by atoms with Crippen LogP contribution in [0.3, 0.4) is 0 Å². The Morgan fingerprint density at radius 2 is 1.97 bits per heavy atom.